The van der Waals surface area contributed by atoms with E-state index in [1.807, 2.05) is 37.3 Å². The molecule has 5 rings (SSSR count). The lowest BCUT2D eigenvalue weighted by molar-refractivity contribution is 0.0303. The van der Waals surface area contributed by atoms with E-state index in [1.165, 1.54) is 0 Å². The number of para-hydroxylation sites is 1. The van der Waals surface area contributed by atoms with E-state index in [0.29, 0.717) is 53.8 Å². The highest BCUT2D eigenvalue weighted by atomic mass is 35.5. The van der Waals surface area contributed by atoms with Gasteiger partial charge in [-0.3, -0.25) is 9.59 Å². The van der Waals surface area contributed by atoms with Crippen molar-refractivity contribution in [3.05, 3.63) is 94.5 Å². The lowest BCUT2D eigenvalue weighted by Gasteiger charge is -2.26. The maximum atomic E-state index is 13.4. The second-order valence-corrected chi connectivity index (χ2v) is 8.91. The van der Waals surface area contributed by atoms with Crippen LogP contribution in [0.15, 0.2) is 72.8 Å². The van der Waals surface area contributed by atoms with Gasteiger partial charge in [-0.15, -0.1) is 0 Å². The van der Waals surface area contributed by atoms with Gasteiger partial charge in [-0.2, -0.15) is 0 Å². The van der Waals surface area contributed by atoms with Crippen LogP contribution >= 0.6 is 11.6 Å². The first-order chi connectivity index (χ1) is 17.0. The van der Waals surface area contributed by atoms with Crippen molar-refractivity contribution in [3.63, 3.8) is 0 Å². The van der Waals surface area contributed by atoms with Crippen molar-refractivity contribution < 1.29 is 14.3 Å². The Morgan fingerprint density at radius 2 is 1.69 bits per heavy atom. The van der Waals surface area contributed by atoms with E-state index in [2.05, 4.69) is 5.32 Å². The number of aromatic nitrogens is 1. The number of amides is 2. The molecule has 0 saturated carbocycles. The Morgan fingerprint density at radius 1 is 0.971 bits per heavy atom. The molecule has 0 unspecified atom stereocenters. The molecule has 7 heteroatoms. The number of nitrogens with zero attached hydrogens (tertiary/aromatic N) is 2. The van der Waals surface area contributed by atoms with Gasteiger partial charge in [0.25, 0.3) is 11.8 Å². The number of anilines is 1. The lowest BCUT2D eigenvalue weighted by Crippen LogP contribution is -2.40. The third-order valence-corrected chi connectivity index (χ3v) is 6.37. The summed E-state index contributed by atoms with van der Waals surface area (Å²) in [6.45, 7) is 4.25. The lowest BCUT2D eigenvalue weighted by atomic mass is 10.0. The summed E-state index contributed by atoms with van der Waals surface area (Å²) >= 11 is 6.05. The van der Waals surface area contributed by atoms with Crippen molar-refractivity contribution in [1.29, 1.82) is 0 Å². The fraction of sp³-hybridized carbons (Fsp3) is 0.179. The average Bonchev–Trinajstić information content (AvgIpc) is 2.89. The molecule has 6 nitrogen and oxygen atoms in total. The van der Waals surface area contributed by atoms with Crippen molar-refractivity contribution in [2.75, 3.05) is 31.6 Å². The van der Waals surface area contributed by atoms with Gasteiger partial charge in [0.2, 0.25) is 0 Å². The molecule has 1 aromatic heterocycles. The summed E-state index contributed by atoms with van der Waals surface area (Å²) in [5.41, 5.74) is 5.05. The minimum absolute atomic E-state index is 0.0330. The summed E-state index contributed by atoms with van der Waals surface area (Å²) in [5.74, 6) is -0.278. The van der Waals surface area contributed by atoms with Crippen molar-refractivity contribution in [2.24, 2.45) is 0 Å². The van der Waals surface area contributed by atoms with Crippen LogP contribution in [0.1, 0.15) is 26.3 Å². The van der Waals surface area contributed by atoms with Gasteiger partial charge in [0.05, 0.1) is 30.0 Å². The monoisotopic (exact) mass is 485 g/mol. The van der Waals surface area contributed by atoms with E-state index in [1.54, 1.807) is 47.4 Å². The van der Waals surface area contributed by atoms with Gasteiger partial charge in [0, 0.05) is 40.3 Å². The minimum Gasteiger partial charge on any atom is -0.378 e. The van der Waals surface area contributed by atoms with Crippen LogP contribution in [-0.2, 0) is 4.74 Å². The van der Waals surface area contributed by atoms with Gasteiger partial charge in [0.15, 0.2) is 0 Å². The smallest absolute Gasteiger partial charge is 0.256 e. The molecule has 0 bridgehead atoms. The highest BCUT2D eigenvalue weighted by molar-refractivity contribution is 6.30. The number of aryl methyl sites for hydroxylation is 1. The third kappa shape index (κ3) is 4.90. The zero-order valence-corrected chi connectivity index (χ0v) is 20.0. The Morgan fingerprint density at radius 3 is 2.40 bits per heavy atom. The molecule has 0 atom stereocenters. The number of pyridine rings is 1. The molecule has 4 aromatic rings. The van der Waals surface area contributed by atoms with E-state index in [9.17, 15) is 9.59 Å². The van der Waals surface area contributed by atoms with Crippen LogP contribution in [0.5, 0.6) is 0 Å². The molecule has 176 valence electrons. The van der Waals surface area contributed by atoms with Gasteiger partial charge in [-0.1, -0.05) is 41.9 Å². The summed E-state index contributed by atoms with van der Waals surface area (Å²) in [6.07, 6.45) is 0. The highest BCUT2D eigenvalue weighted by Crippen LogP contribution is 2.28. The Labute approximate surface area is 208 Å². The van der Waals surface area contributed by atoms with Crippen LogP contribution in [0.2, 0.25) is 5.02 Å². The van der Waals surface area contributed by atoms with Crippen molar-refractivity contribution in [1.82, 2.24) is 9.88 Å². The van der Waals surface area contributed by atoms with Crippen LogP contribution in [0.25, 0.3) is 22.2 Å². The van der Waals surface area contributed by atoms with Crippen molar-refractivity contribution >= 4 is 40.0 Å². The maximum absolute atomic E-state index is 13.4. The number of halogens is 1. The van der Waals surface area contributed by atoms with Gasteiger partial charge in [-0.25, -0.2) is 4.98 Å². The van der Waals surface area contributed by atoms with Gasteiger partial charge >= 0.3 is 0 Å². The van der Waals surface area contributed by atoms with Crippen LogP contribution in [0, 0.1) is 6.92 Å². The summed E-state index contributed by atoms with van der Waals surface area (Å²) in [5, 5.41) is 4.39. The second kappa shape index (κ2) is 9.86. The second-order valence-electron chi connectivity index (χ2n) is 8.47. The molecule has 3 aromatic carbocycles. The molecular weight excluding hydrogens is 462 g/mol. The first kappa shape index (κ1) is 23.0. The molecule has 1 fully saturated rings. The number of benzene rings is 3. The number of rotatable bonds is 4. The molecule has 2 heterocycles. The zero-order valence-electron chi connectivity index (χ0n) is 19.3. The Balaban J connectivity index is 1.43. The van der Waals surface area contributed by atoms with Crippen molar-refractivity contribution in [3.8, 4) is 11.3 Å². The fourth-order valence-corrected chi connectivity index (χ4v) is 4.32. The van der Waals surface area contributed by atoms with Gasteiger partial charge < -0.3 is 15.0 Å². The van der Waals surface area contributed by atoms with Gasteiger partial charge in [0.1, 0.15) is 0 Å². The fourth-order valence-electron chi connectivity index (χ4n) is 4.19. The predicted octanol–water partition coefficient (Wildman–Crippen LogP) is 5.59. The molecule has 1 N–H and O–H groups in total. The first-order valence-corrected chi connectivity index (χ1v) is 11.8. The number of carbonyl (C=O) groups is 2. The molecular formula is C28H24ClN3O3. The Bertz CT molecular complexity index is 1400. The molecule has 1 saturated heterocycles. The number of ether oxygens (including phenoxy) is 1. The van der Waals surface area contributed by atoms with Crippen molar-refractivity contribution in [2.45, 2.75) is 6.92 Å². The normalized spacial score (nSPS) is 13.6. The van der Waals surface area contributed by atoms with Crippen LogP contribution in [-0.4, -0.2) is 48.0 Å². The number of nitrogens with one attached hydrogen (secondary N) is 1. The number of fused-ring (bicyclic) bond motifs is 1. The summed E-state index contributed by atoms with van der Waals surface area (Å²) in [7, 11) is 0. The molecule has 35 heavy (non-hydrogen) atoms. The summed E-state index contributed by atoms with van der Waals surface area (Å²) in [6, 6.07) is 22.0. The standard InChI is InChI=1S/C28H24ClN3O3/c1-18-3-2-4-23-24(17-25(31-26(18)23)19-5-9-21(29)10-6-19)27(33)30-22-11-7-20(8-12-22)28(34)32-13-15-35-16-14-32/h2-12,17H,13-16H2,1H3,(H,30,33). The predicted molar refractivity (Wildman–Crippen MR) is 138 cm³/mol. The SMILES string of the molecule is Cc1cccc2c(C(=O)Nc3ccc(C(=O)N4CCOCC4)cc3)cc(-c3ccc(Cl)cc3)nc12. The summed E-state index contributed by atoms with van der Waals surface area (Å²) < 4.78 is 5.32. The number of hydrogen-bond acceptors (Lipinski definition) is 4. The van der Waals surface area contributed by atoms with Crippen LogP contribution < -0.4 is 5.32 Å². The number of carbonyl (C=O) groups excluding carboxylic acids is 2. The molecule has 2 amide bonds. The van der Waals surface area contributed by atoms with Crippen LogP contribution in [0.4, 0.5) is 5.69 Å². The first-order valence-electron chi connectivity index (χ1n) is 11.4. The largest absolute Gasteiger partial charge is 0.378 e. The summed E-state index contributed by atoms with van der Waals surface area (Å²) in [4.78, 5) is 32.7. The topological polar surface area (TPSA) is 71.5 Å². The van der Waals surface area contributed by atoms with E-state index >= 15 is 0 Å². The average molecular weight is 486 g/mol. The Kier molecular flexibility index (Phi) is 6.49. The quantitative estimate of drug-likeness (QED) is 0.409. The van der Waals surface area contributed by atoms with E-state index in [0.717, 1.165) is 22.0 Å². The number of morpholine rings is 1. The molecule has 1 aliphatic rings. The van der Waals surface area contributed by atoms with Gasteiger partial charge in [-0.05, 0) is 55.0 Å². The highest BCUT2D eigenvalue weighted by Gasteiger charge is 2.19. The Hall–Kier alpha value is -3.74. The maximum Gasteiger partial charge on any atom is 0.256 e. The molecule has 0 spiro atoms. The van der Waals surface area contributed by atoms with E-state index in [4.69, 9.17) is 21.3 Å². The number of hydrogen-bond donors (Lipinski definition) is 1. The molecule has 0 radical (unpaired) electrons. The molecule has 1 aliphatic heterocycles. The minimum atomic E-state index is -0.245. The van der Waals surface area contributed by atoms with E-state index in [-0.39, 0.29) is 11.8 Å². The van der Waals surface area contributed by atoms with E-state index < -0.39 is 0 Å². The third-order valence-electron chi connectivity index (χ3n) is 6.11. The zero-order chi connectivity index (χ0) is 24.4. The molecule has 0 aliphatic carbocycles. The van der Waals surface area contributed by atoms with Crippen LogP contribution in [0.3, 0.4) is 0 Å².